The molecule has 2 rings (SSSR count). The summed E-state index contributed by atoms with van der Waals surface area (Å²) in [5.41, 5.74) is 2.91. The van der Waals surface area contributed by atoms with Crippen molar-refractivity contribution in [1.29, 1.82) is 0 Å². The number of aryl methyl sites for hydroxylation is 1. The van der Waals surface area contributed by atoms with Gasteiger partial charge in [0.15, 0.2) is 0 Å². The van der Waals surface area contributed by atoms with Crippen LogP contribution in [0.1, 0.15) is 36.3 Å². The molecule has 1 unspecified atom stereocenters. The predicted molar refractivity (Wildman–Crippen MR) is 73.0 cm³/mol. The van der Waals surface area contributed by atoms with Crippen LogP contribution in [0.2, 0.25) is 0 Å². The van der Waals surface area contributed by atoms with Crippen molar-refractivity contribution in [1.82, 2.24) is 15.3 Å². The first-order valence-corrected chi connectivity index (χ1v) is 6.45. The van der Waals surface area contributed by atoms with Gasteiger partial charge in [0.25, 0.3) is 0 Å². The number of hydrogen-bond acceptors (Lipinski definition) is 3. The number of benzene rings is 1. The van der Waals surface area contributed by atoms with E-state index < -0.39 is 0 Å². The summed E-state index contributed by atoms with van der Waals surface area (Å²) >= 11 is 0. The highest BCUT2D eigenvalue weighted by atomic mass is 19.1. The fourth-order valence-corrected chi connectivity index (χ4v) is 1.93. The van der Waals surface area contributed by atoms with Gasteiger partial charge in [-0.2, -0.15) is 0 Å². The summed E-state index contributed by atoms with van der Waals surface area (Å²) in [5.74, 6) is -0.206. The van der Waals surface area contributed by atoms with Gasteiger partial charge in [0.2, 0.25) is 0 Å². The highest BCUT2D eigenvalue weighted by Crippen LogP contribution is 2.17. The van der Waals surface area contributed by atoms with Crippen LogP contribution >= 0.6 is 0 Å². The Morgan fingerprint density at radius 2 is 1.89 bits per heavy atom. The van der Waals surface area contributed by atoms with Crippen LogP contribution in [0.5, 0.6) is 0 Å². The van der Waals surface area contributed by atoms with E-state index in [2.05, 4.69) is 22.2 Å². The Hall–Kier alpha value is -1.81. The van der Waals surface area contributed by atoms with Crippen LogP contribution in [-0.2, 0) is 6.54 Å². The molecule has 0 saturated carbocycles. The van der Waals surface area contributed by atoms with E-state index in [1.807, 2.05) is 19.1 Å². The monoisotopic (exact) mass is 259 g/mol. The smallest absolute Gasteiger partial charge is 0.123 e. The molecule has 1 N–H and O–H groups in total. The zero-order valence-electron chi connectivity index (χ0n) is 11.2. The van der Waals surface area contributed by atoms with E-state index in [-0.39, 0.29) is 11.9 Å². The van der Waals surface area contributed by atoms with Gasteiger partial charge in [-0.15, -0.1) is 0 Å². The number of halogens is 1. The Bertz CT molecular complexity index is 508. The minimum absolute atomic E-state index is 0.198. The maximum absolute atomic E-state index is 12.9. The van der Waals surface area contributed by atoms with E-state index in [1.165, 1.54) is 12.1 Å². The molecule has 1 aromatic heterocycles. The van der Waals surface area contributed by atoms with Gasteiger partial charge in [0.05, 0.1) is 11.4 Å². The average molecular weight is 259 g/mol. The standard InChI is InChI=1S/C15H18FN3/c1-3-15(12-4-6-13(16)7-5-12)19-10-14-9-17-11(2)8-18-14/h4-9,15,19H,3,10H2,1-2H3. The minimum atomic E-state index is -0.206. The molecule has 0 aliphatic rings. The number of nitrogens with zero attached hydrogens (tertiary/aromatic N) is 2. The first-order chi connectivity index (χ1) is 9.19. The molecule has 0 bridgehead atoms. The quantitative estimate of drug-likeness (QED) is 0.896. The van der Waals surface area contributed by atoms with Gasteiger partial charge in [-0.05, 0) is 31.0 Å². The molecule has 0 radical (unpaired) electrons. The van der Waals surface area contributed by atoms with Crippen molar-refractivity contribution in [2.75, 3.05) is 0 Å². The SMILES string of the molecule is CCC(NCc1cnc(C)cn1)c1ccc(F)cc1. The van der Waals surface area contributed by atoms with Crippen molar-refractivity contribution < 1.29 is 4.39 Å². The van der Waals surface area contributed by atoms with Crippen LogP contribution in [0.15, 0.2) is 36.7 Å². The van der Waals surface area contributed by atoms with Gasteiger partial charge in [0, 0.05) is 25.0 Å². The third-order valence-corrected chi connectivity index (χ3v) is 3.04. The molecular weight excluding hydrogens is 241 g/mol. The molecular formula is C15H18FN3. The zero-order chi connectivity index (χ0) is 13.7. The molecule has 0 fully saturated rings. The van der Waals surface area contributed by atoms with E-state index in [0.717, 1.165) is 23.4 Å². The van der Waals surface area contributed by atoms with Crippen LogP contribution in [0.25, 0.3) is 0 Å². The highest BCUT2D eigenvalue weighted by molar-refractivity contribution is 5.20. The Morgan fingerprint density at radius 3 is 2.47 bits per heavy atom. The maximum Gasteiger partial charge on any atom is 0.123 e. The van der Waals surface area contributed by atoms with Crippen LogP contribution < -0.4 is 5.32 Å². The van der Waals surface area contributed by atoms with Crippen molar-refractivity contribution in [3.05, 3.63) is 59.4 Å². The second-order valence-electron chi connectivity index (χ2n) is 4.54. The lowest BCUT2D eigenvalue weighted by atomic mass is 10.0. The van der Waals surface area contributed by atoms with Crippen LogP contribution in [0.3, 0.4) is 0 Å². The maximum atomic E-state index is 12.9. The summed E-state index contributed by atoms with van der Waals surface area (Å²) in [6.45, 7) is 4.67. The molecule has 4 heteroatoms. The number of nitrogens with one attached hydrogen (secondary N) is 1. The van der Waals surface area contributed by atoms with Crippen molar-refractivity contribution in [3.63, 3.8) is 0 Å². The fourth-order valence-electron chi connectivity index (χ4n) is 1.93. The minimum Gasteiger partial charge on any atom is -0.304 e. The molecule has 0 aliphatic carbocycles. The van der Waals surface area contributed by atoms with E-state index in [4.69, 9.17) is 0 Å². The lowest BCUT2D eigenvalue weighted by Gasteiger charge is -2.17. The Kier molecular flexibility index (Phi) is 4.58. The lowest BCUT2D eigenvalue weighted by molar-refractivity contribution is 0.512. The fraction of sp³-hybridized carbons (Fsp3) is 0.333. The van der Waals surface area contributed by atoms with Gasteiger partial charge in [-0.1, -0.05) is 19.1 Å². The van der Waals surface area contributed by atoms with Gasteiger partial charge in [-0.3, -0.25) is 9.97 Å². The van der Waals surface area contributed by atoms with E-state index in [0.29, 0.717) is 6.54 Å². The molecule has 0 saturated heterocycles. The molecule has 0 amide bonds. The second-order valence-corrected chi connectivity index (χ2v) is 4.54. The molecule has 1 atom stereocenters. The van der Waals surface area contributed by atoms with Gasteiger partial charge >= 0.3 is 0 Å². The van der Waals surface area contributed by atoms with E-state index >= 15 is 0 Å². The number of hydrogen-bond donors (Lipinski definition) is 1. The summed E-state index contributed by atoms with van der Waals surface area (Å²) in [4.78, 5) is 8.52. The normalized spacial score (nSPS) is 12.4. The van der Waals surface area contributed by atoms with Gasteiger partial charge < -0.3 is 5.32 Å². The highest BCUT2D eigenvalue weighted by Gasteiger charge is 2.09. The van der Waals surface area contributed by atoms with Crippen molar-refractivity contribution >= 4 is 0 Å². The van der Waals surface area contributed by atoms with Gasteiger partial charge in [0.1, 0.15) is 5.82 Å². The van der Waals surface area contributed by atoms with Crippen LogP contribution in [0, 0.1) is 12.7 Å². The molecule has 100 valence electrons. The van der Waals surface area contributed by atoms with Crippen LogP contribution in [0.4, 0.5) is 4.39 Å². The zero-order valence-corrected chi connectivity index (χ0v) is 11.2. The van der Waals surface area contributed by atoms with Crippen molar-refractivity contribution in [2.24, 2.45) is 0 Å². The predicted octanol–water partition coefficient (Wildman–Crippen LogP) is 3.17. The molecule has 0 aliphatic heterocycles. The Morgan fingerprint density at radius 1 is 1.16 bits per heavy atom. The Labute approximate surface area is 112 Å². The largest absolute Gasteiger partial charge is 0.304 e. The molecule has 1 heterocycles. The Balaban J connectivity index is 1.99. The first-order valence-electron chi connectivity index (χ1n) is 6.45. The molecule has 3 nitrogen and oxygen atoms in total. The average Bonchev–Trinajstić information content (AvgIpc) is 2.43. The molecule has 19 heavy (non-hydrogen) atoms. The first kappa shape index (κ1) is 13.6. The third kappa shape index (κ3) is 3.83. The number of aromatic nitrogens is 2. The van der Waals surface area contributed by atoms with Crippen LogP contribution in [-0.4, -0.2) is 9.97 Å². The van der Waals surface area contributed by atoms with Gasteiger partial charge in [-0.25, -0.2) is 4.39 Å². The summed E-state index contributed by atoms with van der Waals surface area (Å²) in [5, 5.41) is 3.42. The summed E-state index contributed by atoms with van der Waals surface area (Å²) in [6.07, 6.45) is 4.47. The van der Waals surface area contributed by atoms with E-state index in [1.54, 1.807) is 12.4 Å². The molecule has 2 aromatic rings. The molecule has 0 spiro atoms. The lowest BCUT2D eigenvalue weighted by Crippen LogP contribution is -2.21. The van der Waals surface area contributed by atoms with Crippen molar-refractivity contribution in [2.45, 2.75) is 32.9 Å². The second kappa shape index (κ2) is 6.38. The van der Waals surface area contributed by atoms with Crippen molar-refractivity contribution in [3.8, 4) is 0 Å². The molecule has 1 aromatic carbocycles. The summed E-state index contributed by atoms with van der Waals surface area (Å²) in [7, 11) is 0. The third-order valence-electron chi connectivity index (χ3n) is 3.04. The summed E-state index contributed by atoms with van der Waals surface area (Å²) < 4.78 is 12.9. The summed E-state index contributed by atoms with van der Waals surface area (Å²) in [6, 6.07) is 6.81. The van der Waals surface area contributed by atoms with E-state index in [9.17, 15) is 4.39 Å². The number of rotatable bonds is 5. The topological polar surface area (TPSA) is 37.8 Å².